The molecule has 5 heteroatoms. The van der Waals surface area contributed by atoms with Crippen molar-refractivity contribution in [1.82, 2.24) is 5.32 Å². The van der Waals surface area contributed by atoms with Crippen molar-refractivity contribution in [2.24, 2.45) is 5.92 Å². The van der Waals surface area contributed by atoms with Crippen LogP contribution in [0, 0.1) is 11.7 Å². The van der Waals surface area contributed by atoms with Gasteiger partial charge >= 0.3 is 5.97 Å². The van der Waals surface area contributed by atoms with Crippen LogP contribution in [0.5, 0.6) is 0 Å². The maximum atomic E-state index is 13.1. The lowest BCUT2D eigenvalue weighted by Gasteiger charge is -2.15. The number of amides is 1. The van der Waals surface area contributed by atoms with E-state index in [9.17, 15) is 14.0 Å². The van der Waals surface area contributed by atoms with Crippen LogP contribution in [0.1, 0.15) is 31.7 Å². The normalized spacial score (nSPS) is 17.3. The van der Waals surface area contributed by atoms with Crippen LogP contribution in [-0.4, -0.2) is 22.5 Å². The van der Waals surface area contributed by atoms with Crippen molar-refractivity contribution < 1.29 is 19.1 Å². The largest absolute Gasteiger partial charge is 0.480 e. The first-order valence-corrected chi connectivity index (χ1v) is 6.70. The van der Waals surface area contributed by atoms with E-state index in [0.717, 1.165) is 5.56 Å². The number of carbonyl (C=O) groups is 2. The number of aliphatic carboxylic acids is 1. The van der Waals surface area contributed by atoms with Gasteiger partial charge in [-0.2, -0.15) is 0 Å². The molecule has 1 unspecified atom stereocenters. The van der Waals surface area contributed by atoms with Crippen molar-refractivity contribution in [3.63, 3.8) is 0 Å². The van der Waals surface area contributed by atoms with E-state index in [4.69, 9.17) is 5.11 Å². The van der Waals surface area contributed by atoms with Crippen LogP contribution in [0.15, 0.2) is 24.3 Å². The number of hydrogen-bond acceptors (Lipinski definition) is 2. The zero-order valence-electron chi connectivity index (χ0n) is 11.4. The second kappa shape index (κ2) is 5.61. The quantitative estimate of drug-likeness (QED) is 0.838. The predicted molar refractivity (Wildman–Crippen MR) is 71.6 cm³/mol. The third-order valence-electron chi connectivity index (χ3n) is 3.55. The number of halogens is 1. The van der Waals surface area contributed by atoms with Gasteiger partial charge in [0.15, 0.2) is 0 Å². The Kier molecular flexibility index (Phi) is 4.06. The molecule has 1 aliphatic carbocycles. The molecule has 1 saturated carbocycles. The number of hydrogen-bond donors (Lipinski definition) is 2. The molecule has 1 amide bonds. The van der Waals surface area contributed by atoms with Crippen LogP contribution < -0.4 is 5.32 Å². The lowest BCUT2D eigenvalue weighted by Crippen LogP contribution is -2.43. The summed E-state index contributed by atoms with van der Waals surface area (Å²) in [6.07, 6.45) is 1.81. The lowest BCUT2D eigenvalue weighted by molar-refractivity contribution is -0.143. The van der Waals surface area contributed by atoms with Gasteiger partial charge in [-0.15, -0.1) is 0 Å². The van der Waals surface area contributed by atoms with Crippen LogP contribution in [0.25, 0.3) is 0 Å². The van der Waals surface area contributed by atoms with E-state index in [2.05, 4.69) is 5.32 Å². The third kappa shape index (κ3) is 3.56. The zero-order valence-corrected chi connectivity index (χ0v) is 11.4. The van der Waals surface area contributed by atoms with Gasteiger partial charge in [0.2, 0.25) is 5.91 Å². The molecule has 108 valence electrons. The number of carboxylic acids is 1. The minimum atomic E-state index is -1.03. The monoisotopic (exact) mass is 279 g/mol. The van der Waals surface area contributed by atoms with E-state index in [-0.39, 0.29) is 24.1 Å². The summed E-state index contributed by atoms with van der Waals surface area (Å²) in [6.45, 7) is 1.89. The Morgan fingerprint density at radius 2 is 2.15 bits per heavy atom. The smallest absolute Gasteiger partial charge is 0.329 e. The molecule has 0 spiro atoms. The van der Waals surface area contributed by atoms with Gasteiger partial charge in [0.05, 0.1) is 0 Å². The number of carboxylic acid groups (broad SMARTS) is 1. The van der Waals surface area contributed by atoms with Gasteiger partial charge in [0.1, 0.15) is 11.4 Å². The summed E-state index contributed by atoms with van der Waals surface area (Å²) >= 11 is 0. The molecular weight excluding hydrogens is 261 g/mol. The minimum absolute atomic E-state index is 0.0291. The molecule has 1 fully saturated rings. The first-order chi connectivity index (χ1) is 9.41. The minimum Gasteiger partial charge on any atom is -0.480 e. The van der Waals surface area contributed by atoms with Gasteiger partial charge in [-0.25, -0.2) is 9.18 Å². The molecule has 1 aromatic carbocycles. The van der Waals surface area contributed by atoms with Gasteiger partial charge in [-0.05, 0) is 42.9 Å². The average molecular weight is 279 g/mol. The van der Waals surface area contributed by atoms with E-state index in [0.29, 0.717) is 19.3 Å². The molecule has 0 saturated heterocycles. The van der Waals surface area contributed by atoms with E-state index in [1.165, 1.54) is 12.1 Å². The fourth-order valence-electron chi connectivity index (χ4n) is 2.29. The Morgan fingerprint density at radius 3 is 2.70 bits per heavy atom. The molecule has 0 radical (unpaired) electrons. The van der Waals surface area contributed by atoms with Crippen LogP contribution >= 0.6 is 0 Å². The molecule has 20 heavy (non-hydrogen) atoms. The van der Waals surface area contributed by atoms with Gasteiger partial charge < -0.3 is 10.4 Å². The molecule has 4 nitrogen and oxygen atoms in total. The van der Waals surface area contributed by atoms with Crippen molar-refractivity contribution in [2.75, 3.05) is 0 Å². The van der Waals surface area contributed by atoms with E-state index < -0.39 is 11.5 Å². The lowest BCUT2D eigenvalue weighted by atomic mass is 9.97. The van der Waals surface area contributed by atoms with Crippen molar-refractivity contribution in [3.05, 3.63) is 35.6 Å². The number of benzene rings is 1. The van der Waals surface area contributed by atoms with Crippen LogP contribution in [-0.2, 0) is 16.0 Å². The van der Waals surface area contributed by atoms with Gasteiger partial charge in [-0.3, -0.25) is 4.79 Å². The molecule has 1 aliphatic rings. The molecule has 1 atom stereocenters. The SMILES string of the molecule is CC(CC(=O)NC1(C(=O)O)CC1)Cc1cccc(F)c1. The Hall–Kier alpha value is -1.91. The highest BCUT2D eigenvalue weighted by molar-refractivity contribution is 5.89. The fourth-order valence-corrected chi connectivity index (χ4v) is 2.29. The molecule has 0 heterocycles. The molecule has 1 aromatic rings. The van der Waals surface area contributed by atoms with Gasteiger partial charge in [0, 0.05) is 6.42 Å². The van der Waals surface area contributed by atoms with Crippen molar-refractivity contribution in [1.29, 1.82) is 0 Å². The average Bonchev–Trinajstić information content (AvgIpc) is 3.09. The predicted octanol–water partition coefficient (Wildman–Crippen LogP) is 2.13. The number of nitrogens with one attached hydrogen (secondary N) is 1. The topological polar surface area (TPSA) is 66.4 Å². The zero-order chi connectivity index (χ0) is 14.8. The standard InChI is InChI=1S/C15H18FNO3/c1-10(7-11-3-2-4-12(16)9-11)8-13(18)17-15(5-6-15)14(19)20/h2-4,9-10H,5-8H2,1H3,(H,17,18)(H,19,20). The fraction of sp³-hybridized carbons (Fsp3) is 0.467. The van der Waals surface area contributed by atoms with E-state index in [1.807, 2.05) is 13.0 Å². The Morgan fingerprint density at radius 1 is 1.45 bits per heavy atom. The van der Waals surface area contributed by atoms with Crippen molar-refractivity contribution >= 4 is 11.9 Å². The van der Waals surface area contributed by atoms with Crippen LogP contribution in [0.4, 0.5) is 4.39 Å². The van der Waals surface area contributed by atoms with E-state index >= 15 is 0 Å². The number of carbonyl (C=O) groups excluding carboxylic acids is 1. The maximum absolute atomic E-state index is 13.1. The molecule has 0 aromatic heterocycles. The third-order valence-corrected chi connectivity index (χ3v) is 3.55. The Balaban J connectivity index is 1.84. The van der Waals surface area contributed by atoms with Gasteiger partial charge in [-0.1, -0.05) is 19.1 Å². The summed E-state index contributed by atoms with van der Waals surface area (Å²) in [5.41, 5.74) is -0.194. The molecule has 0 bridgehead atoms. The molecule has 2 rings (SSSR count). The summed E-state index contributed by atoms with van der Waals surface area (Å²) < 4.78 is 13.1. The Labute approximate surface area is 117 Å². The van der Waals surface area contributed by atoms with Crippen molar-refractivity contribution in [3.8, 4) is 0 Å². The maximum Gasteiger partial charge on any atom is 0.329 e. The first kappa shape index (κ1) is 14.5. The molecule has 2 N–H and O–H groups in total. The second-order valence-electron chi connectivity index (χ2n) is 5.58. The van der Waals surface area contributed by atoms with Crippen LogP contribution in [0.2, 0.25) is 0 Å². The highest BCUT2D eigenvalue weighted by atomic mass is 19.1. The van der Waals surface area contributed by atoms with Gasteiger partial charge in [0.25, 0.3) is 0 Å². The summed E-state index contributed by atoms with van der Waals surface area (Å²) in [6, 6.07) is 6.29. The summed E-state index contributed by atoms with van der Waals surface area (Å²) in [4.78, 5) is 22.8. The summed E-state index contributed by atoms with van der Waals surface area (Å²) in [5, 5.41) is 11.6. The van der Waals surface area contributed by atoms with Crippen molar-refractivity contribution in [2.45, 2.75) is 38.1 Å². The Bertz CT molecular complexity index is 526. The highest BCUT2D eigenvalue weighted by Gasteiger charge is 2.51. The number of rotatable bonds is 6. The highest BCUT2D eigenvalue weighted by Crippen LogP contribution is 2.35. The van der Waals surface area contributed by atoms with E-state index in [1.54, 1.807) is 6.07 Å². The first-order valence-electron chi connectivity index (χ1n) is 6.70. The second-order valence-corrected chi connectivity index (χ2v) is 5.58. The van der Waals surface area contributed by atoms with Crippen LogP contribution in [0.3, 0.4) is 0 Å². The summed E-state index contributed by atoms with van der Waals surface area (Å²) in [7, 11) is 0. The molecular formula is C15H18FNO3. The summed E-state index contributed by atoms with van der Waals surface area (Å²) in [5.74, 6) is -1.49. The molecule has 0 aliphatic heterocycles.